The lowest BCUT2D eigenvalue weighted by atomic mass is 9.90. The number of benzene rings is 2. The first-order valence-electron chi connectivity index (χ1n) is 9.98. The van der Waals surface area contributed by atoms with Crippen LogP contribution in [0, 0.1) is 12.3 Å². The van der Waals surface area contributed by atoms with E-state index in [0.717, 1.165) is 18.0 Å². The number of rotatable bonds is 4. The van der Waals surface area contributed by atoms with Crippen molar-refractivity contribution in [1.82, 2.24) is 4.57 Å². The van der Waals surface area contributed by atoms with E-state index >= 15 is 0 Å². The molecule has 0 aliphatic rings. The predicted molar refractivity (Wildman–Crippen MR) is 126 cm³/mol. The van der Waals surface area contributed by atoms with Crippen LogP contribution in [0.4, 0.5) is 0 Å². The Morgan fingerprint density at radius 1 is 0.929 bits per heavy atom. The third kappa shape index (κ3) is 5.15. The van der Waals surface area contributed by atoms with E-state index in [2.05, 4.69) is 83.4 Å². The van der Waals surface area contributed by atoms with Crippen LogP contribution in [0.2, 0.25) is 5.02 Å². The standard InChI is InChI=1S/C25H32ClNS/c1-17-8-13-21-20(14-17)23(28-25(5,6)7)22(15-24(2,3)4)27(21)16-18-9-11-19(26)12-10-18/h8-14H,15-16H2,1-7H3. The van der Waals surface area contributed by atoms with Crippen molar-refractivity contribution < 1.29 is 0 Å². The fraction of sp³-hybridized carbons (Fsp3) is 0.440. The first-order chi connectivity index (χ1) is 12.9. The third-order valence-corrected chi connectivity index (χ3v) is 6.16. The topological polar surface area (TPSA) is 4.93 Å². The van der Waals surface area contributed by atoms with Gasteiger partial charge in [0.1, 0.15) is 0 Å². The molecule has 2 aromatic carbocycles. The molecule has 0 unspecified atom stereocenters. The molecule has 0 amide bonds. The summed E-state index contributed by atoms with van der Waals surface area (Å²) in [6.45, 7) is 16.9. The lowest BCUT2D eigenvalue weighted by Crippen LogP contribution is -2.16. The Bertz CT molecular complexity index is 969. The SMILES string of the molecule is Cc1ccc2c(c1)c(SC(C)(C)C)c(CC(C)(C)C)n2Cc1ccc(Cl)cc1. The van der Waals surface area contributed by atoms with Crippen molar-refractivity contribution in [2.45, 2.75) is 71.1 Å². The summed E-state index contributed by atoms with van der Waals surface area (Å²) >= 11 is 8.11. The summed E-state index contributed by atoms with van der Waals surface area (Å²) in [5.41, 5.74) is 5.59. The summed E-state index contributed by atoms with van der Waals surface area (Å²) in [5, 5.41) is 2.17. The van der Waals surface area contributed by atoms with Gasteiger partial charge in [-0.3, -0.25) is 0 Å². The number of aryl methyl sites for hydroxylation is 1. The highest BCUT2D eigenvalue weighted by atomic mass is 35.5. The zero-order valence-electron chi connectivity index (χ0n) is 18.2. The van der Waals surface area contributed by atoms with Crippen LogP contribution >= 0.6 is 23.4 Å². The molecule has 0 spiro atoms. The quantitative estimate of drug-likeness (QED) is 0.390. The van der Waals surface area contributed by atoms with E-state index in [0.29, 0.717) is 0 Å². The Hall–Kier alpha value is -1.38. The first kappa shape index (κ1) is 21.3. The summed E-state index contributed by atoms with van der Waals surface area (Å²) in [6, 6.07) is 15.1. The molecule has 3 aromatic rings. The Morgan fingerprint density at radius 3 is 2.14 bits per heavy atom. The second-order valence-corrected chi connectivity index (χ2v) is 12.2. The fourth-order valence-corrected chi connectivity index (χ4v) is 4.85. The number of halogens is 1. The van der Waals surface area contributed by atoms with E-state index in [4.69, 9.17) is 11.6 Å². The lowest BCUT2D eigenvalue weighted by Gasteiger charge is -2.24. The molecule has 1 heterocycles. The Morgan fingerprint density at radius 2 is 1.57 bits per heavy atom. The highest BCUT2D eigenvalue weighted by Crippen LogP contribution is 2.43. The Balaban J connectivity index is 2.24. The van der Waals surface area contributed by atoms with E-state index in [-0.39, 0.29) is 10.2 Å². The molecule has 0 radical (unpaired) electrons. The van der Waals surface area contributed by atoms with Crippen molar-refractivity contribution in [2.24, 2.45) is 5.41 Å². The van der Waals surface area contributed by atoms with E-state index in [1.54, 1.807) is 0 Å². The van der Waals surface area contributed by atoms with E-state index in [9.17, 15) is 0 Å². The molecule has 0 saturated carbocycles. The van der Waals surface area contributed by atoms with Crippen molar-refractivity contribution in [1.29, 1.82) is 0 Å². The minimum Gasteiger partial charge on any atom is -0.339 e. The Kier molecular flexibility index (Phi) is 5.94. The van der Waals surface area contributed by atoms with Gasteiger partial charge in [0.2, 0.25) is 0 Å². The molecule has 0 aliphatic carbocycles. The molecule has 0 N–H and O–H groups in total. The number of fused-ring (bicyclic) bond motifs is 1. The zero-order chi connectivity index (χ0) is 20.7. The Labute approximate surface area is 179 Å². The van der Waals surface area contributed by atoms with Crippen molar-refractivity contribution in [3.05, 3.63) is 64.3 Å². The number of nitrogens with zero attached hydrogens (tertiary/aromatic N) is 1. The monoisotopic (exact) mass is 413 g/mol. The maximum Gasteiger partial charge on any atom is 0.0497 e. The summed E-state index contributed by atoms with van der Waals surface area (Å²) in [5.74, 6) is 0. The second-order valence-electron chi connectivity index (χ2n) is 9.96. The van der Waals surface area contributed by atoms with Gasteiger partial charge in [-0.1, -0.05) is 76.9 Å². The first-order valence-corrected chi connectivity index (χ1v) is 11.2. The van der Waals surface area contributed by atoms with Crippen LogP contribution in [0.3, 0.4) is 0 Å². The molecule has 0 bridgehead atoms. The van der Waals surface area contributed by atoms with E-state index in [1.165, 1.54) is 32.6 Å². The van der Waals surface area contributed by atoms with Crippen molar-refractivity contribution >= 4 is 34.3 Å². The molecule has 3 heteroatoms. The largest absolute Gasteiger partial charge is 0.339 e. The van der Waals surface area contributed by atoms with Crippen LogP contribution in [-0.2, 0) is 13.0 Å². The van der Waals surface area contributed by atoms with Crippen molar-refractivity contribution in [3.63, 3.8) is 0 Å². The summed E-state index contributed by atoms with van der Waals surface area (Å²) < 4.78 is 2.69. The summed E-state index contributed by atoms with van der Waals surface area (Å²) in [4.78, 5) is 1.44. The van der Waals surface area contributed by atoms with Gasteiger partial charge in [0.05, 0.1) is 0 Å². The molecule has 1 nitrogen and oxygen atoms in total. The van der Waals surface area contributed by atoms with Gasteiger partial charge in [-0.2, -0.15) is 0 Å². The van der Waals surface area contributed by atoms with Crippen LogP contribution in [0.25, 0.3) is 10.9 Å². The van der Waals surface area contributed by atoms with Crippen molar-refractivity contribution in [2.75, 3.05) is 0 Å². The van der Waals surface area contributed by atoms with E-state index in [1.807, 2.05) is 23.9 Å². The number of hydrogen-bond acceptors (Lipinski definition) is 1. The van der Waals surface area contributed by atoms with Gasteiger partial charge in [0, 0.05) is 37.8 Å². The maximum absolute atomic E-state index is 6.11. The zero-order valence-corrected chi connectivity index (χ0v) is 19.8. The summed E-state index contributed by atoms with van der Waals surface area (Å²) in [6.07, 6.45) is 1.05. The molecule has 0 atom stereocenters. The molecule has 28 heavy (non-hydrogen) atoms. The normalized spacial score (nSPS) is 12.7. The predicted octanol–water partition coefficient (Wildman–Crippen LogP) is 8.13. The van der Waals surface area contributed by atoms with E-state index < -0.39 is 0 Å². The molecule has 150 valence electrons. The van der Waals surface area contributed by atoms with Crippen LogP contribution in [0.5, 0.6) is 0 Å². The molecule has 0 aliphatic heterocycles. The average Bonchev–Trinajstić information content (AvgIpc) is 2.80. The highest BCUT2D eigenvalue weighted by molar-refractivity contribution is 8.00. The van der Waals surface area contributed by atoms with Gasteiger partial charge >= 0.3 is 0 Å². The van der Waals surface area contributed by atoms with Gasteiger partial charge in [0.15, 0.2) is 0 Å². The average molecular weight is 414 g/mol. The maximum atomic E-state index is 6.11. The van der Waals surface area contributed by atoms with Gasteiger partial charge in [0.25, 0.3) is 0 Å². The smallest absolute Gasteiger partial charge is 0.0497 e. The molecular formula is C25H32ClNS. The number of hydrogen-bond donors (Lipinski definition) is 0. The molecule has 1 aromatic heterocycles. The van der Waals surface area contributed by atoms with Gasteiger partial charge in [-0.15, -0.1) is 11.8 Å². The summed E-state index contributed by atoms with van der Waals surface area (Å²) in [7, 11) is 0. The van der Waals surface area contributed by atoms with Crippen LogP contribution in [-0.4, -0.2) is 9.31 Å². The highest BCUT2D eigenvalue weighted by Gasteiger charge is 2.26. The molecule has 0 saturated heterocycles. The third-order valence-electron chi connectivity index (χ3n) is 4.64. The number of aromatic nitrogens is 1. The lowest BCUT2D eigenvalue weighted by molar-refractivity contribution is 0.397. The minimum atomic E-state index is 0.162. The fourth-order valence-electron chi connectivity index (χ4n) is 3.54. The van der Waals surface area contributed by atoms with Crippen LogP contribution in [0.1, 0.15) is 58.4 Å². The minimum absolute atomic E-state index is 0.162. The van der Waals surface area contributed by atoms with Gasteiger partial charge < -0.3 is 4.57 Å². The molecule has 3 rings (SSSR count). The second kappa shape index (κ2) is 7.80. The van der Waals surface area contributed by atoms with Gasteiger partial charge in [-0.25, -0.2) is 0 Å². The van der Waals surface area contributed by atoms with Crippen molar-refractivity contribution in [3.8, 4) is 0 Å². The van der Waals surface area contributed by atoms with Crippen LogP contribution < -0.4 is 0 Å². The molecule has 0 fully saturated rings. The van der Waals surface area contributed by atoms with Gasteiger partial charge in [-0.05, 0) is 48.6 Å². The number of thioether (sulfide) groups is 1. The molecular weight excluding hydrogens is 382 g/mol. The van der Waals surface area contributed by atoms with Crippen LogP contribution in [0.15, 0.2) is 47.4 Å².